The van der Waals surface area contributed by atoms with E-state index in [0.29, 0.717) is 0 Å². The smallest absolute Gasteiger partial charge is 0.0352 e. The number of benzene rings is 3. The number of unbranched alkanes of at least 4 members (excludes halogenated alkanes) is 16. The molecule has 2 aromatic heterocycles. The van der Waals surface area contributed by atoms with Crippen LogP contribution >= 0.6 is 22.7 Å². The lowest BCUT2D eigenvalue weighted by molar-refractivity contribution is 0.565. The Morgan fingerprint density at radius 1 is 0.357 bits per heavy atom. The first-order valence-corrected chi connectivity index (χ1v) is 19.2. The molecular weight excluding hydrogens is 545 g/mol. The second kappa shape index (κ2) is 16.8. The van der Waals surface area contributed by atoms with Gasteiger partial charge in [0, 0.05) is 29.9 Å². The highest BCUT2D eigenvalue weighted by Crippen LogP contribution is 2.39. The summed E-state index contributed by atoms with van der Waals surface area (Å²) in [5.74, 6) is 0. The summed E-state index contributed by atoms with van der Waals surface area (Å²) in [6.07, 6.45) is 27.7. The van der Waals surface area contributed by atoms with Crippen molar-refractivity contribution in [1.82, 2.24) is 0 Å². The lowest BCUT2D eigenvalue weighted by atomic mass is 9.97. The van der Waals surface area contributed by atoms with E-state index in [1.165, 1.54) is 170 Å². The maximum absolute atomic E-state index is 2.51. The van der Waals surface area contributed by atoms with Crippen LogP contribution in [-0.2, 0) is 12.8 Å². The molecule has 0 unspecified atom stereocenters. The first kappa shape index (κ1) is 31.5. The third-order valence-corrected chi connectivity index (χ3v) is 11.7. The largest absolute Gasteiger partial charge is 0.140 e. The summed E-state index contributed by atoms with van der Waals surface area (Å²) >= 11 is 4.04. The zero-order chi connectivity index (χ0) is 29.0. The predicted octanol–water partition coefficient (Wildman–Crippen LogP) is 14.6. The number of thiophene rings is 2. The van der Waals surface area contributed by atoms with Crippen LogP contribution < -0.4 is 0 Å². The van der Waals surface area contributed by atoms with E-state index in [0.717, 1.165) is 0 Å². The Hall–Kier alpha value is -1.90. The summed E-state index contributed by atoms with van der Waals surface area (Å²) in [5.41, 5.74) is 0. The van der Waals surface area contributed by atoms with Gasteiger partial charge in [-0.25, -0.2) is 0 Å². The van der Waals surface area contributed by atoms with Gasteiger partial charge < -0.3 is 0 Å². The number of aryl methyl sites for hydroxylation is 2. The monoisotopic (exact) mass is 598 g/mol. The van der Waals surface area contributed by atoms with Crippen molar-refractivity contribution in [2.45, 2.75) is 142 Å². The molecule has 0 amide bonds. The fourth-order valence-electron chi connectivity index (χ4n) is 6.83. The Morgan fingerprint density at radius 3 is 1.05 bits per heavy atom. The molecular formula is C40H54S2. The van der Waals surface area contributed by atoms with Crippen LogP contribution in [0.3, 0.4) is 0 Å². The molecule has 0 saturated heterocycles. The van der Waals surface area contributed by atoms with Crippen LogP contribution in [0.25, 0.3) is 41.7 Å². The molecule has 5 aromatic rings. The van der Waals surface area contributed by atoms with Crippen molar-refractivity contribution in [3.05, 3.63) is 58.3 Å². The molecule has 0 atom stereocenters. The average molecular weight is 599 g/mol. The van der Waals surface area contributed by atoms with Crippen molar-refractivity contribution >= 4 is 64.4 Å². The summed E-state index contributed by atoms with van der Waals surface area (Å²) in [5, 5.41) is 8.61. The van der Waals surface area contributed by atoms with Crippen molar-refractivity contribution in [3.8, 4) is 0 Å². The molecule has 0 N–H and O–H groups in total. The lowest BCUT2D eigenvalue weighted by Crippen LogP contribution is -1.84. The van der Waals surface area contributed by atoms with Crippen LogP contribution in [0.5, 0.6) is 0 Å². The third kappa shape index (κ3) is 8.38. The number of hydrogen-bond donors (Lipinski definition) is 0. The van der Waals surface area contributed by atoms with Gasteiger partial charge in [-0.05, 0) is 71.5 Å². The van der Waals surface area contributed by atoms with E-state index in [4.69, 9.17) is 0 Å². The molecule has 0 aliphatic carbocycles. The quantitative estimate of drug-likeness (QED) is 0.0617. The van der Waals surface area contributed by atoms with Gasteiger partial charge in [0.05, 0.1) is 0 Å². The Balaban J connectivity index is 1.18. The lowest BCUT2D eigenvalue weighted by Gasteiger charge is -2.06. The molecule has 0 fully saturated rings. The highest BCUT2D eigenvalue weighted by atomic mass is 32.1. The summed E-state index contributed by atoms with van der Waals surface area (Å²) < 4.78 is 2.90. The molecule has 226 valence electrons. The minimum Gasteiger partial charge on any atom is -0.140 e. The standard InChI is InChI=1S/C40H54S2/c1-3-5-7-9-11-13-15-17-19-21-31-29-37-35-23-24-36-34(33(35)25-27-39(37)41-31)26-28-40-38(36)30-32(42-40)22-20-18-16-14-12-10-8-6-4-2/h23-30H,3-22H2,1-2H3. The van der Waals surface area contributed by atoms with Crippen LogP contribution in [0.2, 0.25) is 0 Å². The molecule has 0 radical (unpaired) electrons. The van der Waals surface area contributed by atoms with Gasteiger partial charge >= 0.3 is 0 Å². The number of hydrogen-bond acceptors (Lipinski definition) is 2. The van der Waals surface area contributed by atoms with E-state index in [1.54, 1.807) is 9.75 Å². The minimum absolute atomic E-state index is 1.24. The van der Waals surface area contributed by atoms with Gasteiger partial charge in [-0.1, -0.05) is 141 Å². The Bertz CT molecular complexity index is 1400. The molecule has 42 heavy (non-hydrogen) atoms. The maximum Gasteiger partial charge on any atom is 0.0352 e. The summed E-state index contributed by atoms with van der Waals surface area (Å²) in [6, 6.07) is 19.4. The average Bonchev–Trinajstić information content (AvgIpc) is 3.63. The van der Waals surface area contributed by atoms with Crippen LogP contribution in [0.15, 0.2) is 48.5 Å². The van der Waals surface area contributed by atoms with E-state index >= 15 is 0 Å². The zero-order valence-corrected chi connectivity index (χ0v) is 28.2. The van der Waals surface area contributed by atoms with Gasteiger partial charge in [-0.2, -0.15) is 0 Å². The molecule has 3 aromatic carbocycles. The molecule has 0 aliphatic heterocycles. The molecule has 0 saturated carbocycles. The van der Waals surface area contributed by atoms with E-state index in [2.05, 4.69) is 62.4 Å². The number of rotatable bonds is 20. The SMILES string of the molecule is CCCCCCCCCCCc1cc2c(ccc3c2ccc2c4cc(CCCCCCCCCCC)sc4ccc23)s1. The van der Waals surface area contributed by atoms with Gasteiger partial charge in [0.1, 0.15) is 0 Å². The van der Waals surface area contributed by atoms with Gasteiger partial charge in [0.25, 0.3) is 0 Å². The Labute approximate surface area is 263 Å². The van der Waals surface area contributed by atoms with Gasteiger partial charge in [-0.15, -0.1) is 22.7 Å². The highest BCUT2D eigenvalue weighted by molar-refractivity contribution is 7.19. The van der Waals surface area contributed by atoms with Crippen LogP contribution in [0.1, 0.15) is 139 Å². The molecule has 2 heteroatoms. The predicted molar refractivity (Wildman–Crippen MR) is 194 cm³/mol. The van der Waals surface area contributed by atoms with Crippen molar-refractivity contribution in [2.24, 2.45) is 0 Å². The van der Waals surface area contributed by atoms with Crippen molar-refractivity contribution in [1.29, 1.82) is 0 Å². The maximum atomic E-state index is 2.51. The summed E-state index contributed by atoms with van der Waals surface area (Å²) in [7, 11) is 0. The summed E-state index contributed by atoms with van der Waals surface area (Å²) in [4.78, 5) is 3.13. The van der Waals surface area contributed by atoms with E-state index < -0.39 is 0 Å². The minimum atomic E-state index is 1.24. The Kier molecular flexibility index (Phi) is 12.6. The topological polar surface area (TPSA) is 0 Å². The highest BCUT2D eigenvalue weighted by Gasteiger charge is 2.12. The van der Waals surface area contributed by atoms with Crippen LogP contribution in [0, 0.1) is 0 Å². The molecule has 0 nitrogen and oxygen atoms in total. The van der Waals surface area contributed by atoms with E-state index in [9.17, 15) is 0 Å². The van der Waals surface area contributed by atoms with Crippen molar-refractivity contribution in [3.63, 3.8) is 0 Å². The second-order valence-electron chi connectivity index (χ2n) is 12.8. The third-order valence-electron chi connectivity index (χ3n) is 9.35. The van der Waals surface area contributed by atoms with Crippen molar-refractivity contribution < 1.29 is 0 Å². The van der Waals surface area contributed by atoms with Gasteiger partial charge in [0.15, 0.2) is 0 Å². The Morgan fingerprint density at radius 2 is 0.667 bits per heavy atom. The van der Waals surface area contributed by atoms with E-state index in [1.807, 2.05) is 22.7 Å². The van der Waals surface area contributed by atoms with E-state index in [-0.39, 0.29) is 0 Å². The fraction of sp³-hybridized carbons (Fsp3) is 0.550. The van der Waals surface area contributed by atoms with Gasteiger partial charge in [0.2, 0.25) is 0 Å². The number of fused-ring (bicyclic) bond motifs is 7. The molecule has 0 aliphatic rings. The second-order valence-corrected chi connectivity index (χ2v) is 15.1. The van der Waals surface area contributed by atoms with Gasteiger partial charge in [-0.3, -0.25) is 0 Å². The zero-order valence-electron chi connectivity index (χ0n) is 26.6. The first-order chi connectivity index (χ1) is 20.8. The first-order valence-electron chi connectivity index (χ1n) is 17.6. The molecule has 0 bridgehead atoms. The normalized spacial score (nSPS) is 12.0. The van der Waals surface area contributed by atoms with Crippen LogP contribution in [0.4, 0.5) is 0 Å². The van der Waals surface area contributed by atoms with Crippen LogP contribution in [-0.4, -0.2) is 0 Å². The molecule has 5 rings (SSSR count). The molecule has 0 spiro atoms. The van der Waals surface area contributed by atoms with Crippen molar-refractivity contribution in [2.75, 3.05) is 0 Å². The fourth-order valence-corrected chi connectivity index (χ4v) is 9.07. The summed E-state index contributed by atoms with van der Waals surface area (Å²) in [6.45, 7) is 4.60. The molecule has 2 heterocycles.